The number of ether oxygens (including phenoxy) is 2. The quantitative estimate of drug-likeness (QED) is 0.220. The van der Waals surface area contributed by atoms with E-state index in [2.05, 4.69) is 21.8 Å². The molecular weight excluding hydrogens is 580 g/mol. The standard InChI is InChI=1S/C36H44N6O4/c1-35(2,3)45-33(43)41-19-9-7-11-29(41)31-37-25-17-15-23(21-27(25)39-31)13-14-24-16-18-26-28(22-24)40-32(38-26)30-12-8-10-20-42(30)34(44)46-36(4,5)6/h15-18,21-22,29-30H,7-12,19-20H2,1-6H3,(H,37,39)(H,38,40)/t29-,30-/m0/s1. The molecule has 2 amide bonds. The summed E-state index contributed by atoms with van der Waals surface area (Å²) in [6.45, 7) is 12.6. The van der Waals surface area contributed by atoms with E-state index >= 15 is 0 Å². The Morgan fingerprint density at radius 1 is 0.696 bits per heavy atom. The molecule has 10 heteroatoms. The van der Waals surface area contributed by atoms with Gasteiger partial charge in [0, 0.05) is 24.2 Å². The monoisotopic (exact) mass is 624 g/mol. The summed E-state index contributed by atoms with van der Waals surface area (Å²) in [4.78, 5) is 46.1. The molecule has 2 aromatic carbocycles. The number of fused-ring (bicyclic) bond motifs is 2. The first-order valence-corrected chi connectivity index (χ1v) is 16.3. The van der Waals surface area contributed by atoms with E-state index in [1.807, 2.05) is 77.9 Å². The van der Waals surface area contributed by atoms with Gasteiger partial charge in [0.2, 0.25) is 0 Å². The molecule has 2 aliphatic heterocycles. The van der Waals surface area contributed by atoms with Crippen molar-refractivity contribution >= 4 is 34.3 Å². The molecule has 0 saturated carbocycles. The molecular formula is C36H44N6O4. The number of H-pyrrole nitrogens is 2. The SMILES string of the molecule is CC(C)(C)OC(=O)N1CCCC[C@H]1c1nc2ccc(C#Cc3ccc4nc([C@@H]5CCCCN5C(=O)OC(C)(C)C)[nH]c4c3)cc2[nH]1. The van der Waals surface area contributed by atoms with Gasteiger partial charge in [-0.05, 0) is 116 Å². The summed E-state index contributed by atoms with van der Waals surface area (Å²) in [5, 5.41) is 0. The smallest absolute Gasteiger partial charge is 0.410 e. The van der Waals surface area contributed by atoms with Crippen molar-refractivity contribution in [1.82, 2.24) is 29.7 Å². The first-order valence-electron chi connectivity index (χ1n) is 16.3. The van der Waals surface area contributed by atoms with Crippen LogP contribution in [0.15, 0.2) is 36.4 Å². The molecule has 4 aromatic rings. The van der Waals surface area contributed by atoms with Gasteiger partial charge in [0.05, 0.1) is 34.2 Å². The van der Waals surface area contributed by atoms with Crippen molar-refractivity contribution in [1.29, 1.82) is 0 Å². The molecule has 0 aliphatic carbocycles. The molecule has 0 unspecified atom stereocenters. The van der Waals surface area contributed by atoms with Gasteiger partial charge in [0.15, 0.2) is 0 Å². The minimum Gasteiger partial charge on any atom is -0.444 e. The first kappa shape index (κ1) is 31.5. The fraction of sp³-hybridized carbons (Fsp3) is 0.500. The van der Waals surface area contributed by atoms with Crippen molar-refractivity contribution in [2.45, 2.75) is 103 Å². The average molecular weight is 625 g/mol. The fourth-order valence-electron chi connectivity index (χ4n) is 6.18. The molecule has 0 radical (unpaired) electrons. The van der Waals surface area contributed by atoms with E-state index in [1.54, 1.807) is 9.80 Å². The van der Waals surface area contributed by atoms with Gasteiger partial charge in [-0.3, -0.25) is 9.80 Å². The summed E-state index contributed by atoms with van der Waals surface area (Å²) < 4.78 is 11.4. The molecule has 6 rings (SSSR count). The zero-order valence-corrected chi connectivity index (χ0v) is 27.7. The number of aromatic amines is 2. The summed E-state index contributed by atoms with van der Waals surface area (Å²) in [6, 6.07) is 11.6. The number of aromatic nitrogens is 4. The number of amides is 2. The van der Waals surface area contributed by atoms with Crippen LogP contribution in [0.1, 0.15) is 115 Å². The van der Waals surface area contributed by atoms with Crippen molar-refractivity contribution in [3.8, 4) is 11.8 Å². The lowest BCUT2D eigenvalue weighted by Crippen LogP contribution is -2.42. The van der Waals surface area contributed by atoms with Gasteiger partial charge in [-0.25, -0.2) is 19.6 Å². The van der Waals surface area contributed by atoms with Crippen molar-refractivity contribution < 1.29 is 19.1 Å². The third kappa shape index (κ3) is 7.14. The number of imidazole rings is 2. The summed E-state index contributed by atoms with van der Waals surface area (Å²) >= 11 is 0. The molecule has 2 aliphatic rings. The van der Waals surface area contributed by atoms with Gasteiger partial charge in [-0.15, -0.1) is 0 Å². The largest absolute Gasteiger partial charge is 0.444 e. The molecule has 2 N–H and O–H groups in total. The first-order chi connectivity index (χ1) is 21.8. The minimum absolute atomic E-state index is 0.151. The molecule has 10 nitrogen and oxygen atoms in total. The maximum atomic E-state index is 13.0. The number of carbonyl (C=O) groups excluding carboxylic acids is 2. The maximum absolute atomic E-state index is 13.0. The maximum Gasteiger partial charge on any atom is 0.410 e. The number of carbonyl (C=O) groups is 2. The second kappa shape index (κ2) is 12.3. The van der Waals surface area contributed by atoms with E-state index in [0.29, 0.717) is 13.1 Å². The summed E-state index contributed by atoms with van der Waals surface area (Å²) in [6.07, 6.45) is 5.03. The topological polar surface area (TPSA) is 116 Å². The van der Waals surface area contributed by atoms with Gasteiger partial charge in [-0.2, -0.15) is 0 Å². The lowest BCUT2D eigenvalue weighted by atomic mass is 10.0. The minimum atomic E-state index is -0.552. The summed E-state index contributed by atoms with van der Waals surface area (Å²) in [5.74, 6) is 8.12. The van der Waals surface area contributed by atoms with Crippen LogP contribution in [-0.4, -0.2) is 66.2 Å². The Kier molecular flexibility index (Phi) is 8.45. The Labute approximate surface area is 270 Å². The third-order valence-electron chi connectivity index (χ3n) is 8.24. The zero-order chi connectivity index (χ0) is 32.6. The predicted octanol–water partition coefficient (Wildman–Crippen LogP) is 7.76. The molecule has 2 fully saturated rings. The van der Waals surface area contributed by atoms with Crippen LogP contribution in [0.25, 0.3) is 22.1 Å². The highest BCUT2D eigenvalue weighted by atomic mass is 16.6. The highest BCUT2D eigenvalue weighted by molar-refractivity contribution is 5.79. The summed E-state index contributed by atoms with van der Waals surface area (Å²) in [7, 11) is 0. The number of nitrogens with one attached hydrogen (secondary N) is 2. The number of hydrogen-bond donors (Lipinski definition) is 2. The Morgan fingerprint density at radius 3 is 1.50 bits per heavy atom. The number of hydrogen-bond acceptors (Lipinski definition) is 6. The molecule has 2 aromatic heterocycles. The number of piperidine rings is 2. The molecule has 242 valence electrons. The van der Waals surface area contributed by atoms with Gasteiger partial charge in [0.25, 0.3) is 0 Å². The zero-order valence-electron chi connectivity index (χ0n) is 27.7. The molecule has 2 atom stereocenters. The molecule has 0 bridgehead atoms. The average Bonchev–Trinajstić information content (AvgIpc) is 3.62. The number of benzene rings is 2. The Morgan fingerprint density at radius 2 is 1.11 bits per heavy atom. The van der Waals surface area contributed by atoms with Crippen LogP contribution in [-0.2, 0) is 9.47 Å². The van der Waals surface area contributed by atoms with Crippen LogP contribution in [0.2, 0.25) is 0 Å². The third-order valence-corrected chi connectivity index (χ3v) is 8.24. The van der Waals surface area contributed by atoms with Crippen molar-refractivity contribution in [3.63, 3.8) is 0 Å². The molecule has 2 saturated heterocycles. The molecule has 46 heavy (non-hydrogen) atoms. The van der Waals surface area contributed by atoms with Crippen LogP contribution in [0, 0.1) is 11.8 Å². The second-order valence-electron chi connectivity index (χ2n) is 14.3. The van der Waals surface area contributed by atoms with E-state index in [1.165, 1.54) is 0 Å². The van der Waals surface area contributed by atoms with Crippen LogP contribution >= 0.6 is 0 Å². The second-order valence-corrected chi connectivity index (χ2v) is 14.3. The van der Waals surface area contributed by atoms with Crippen molar-refractivity contribution in [2.75, 3.05) is 13.1 Å². The lowest BCUT2D eigenvalue weighted by Gasteiger charge is -2.35. The number of nitrogens with zero attached hydrogens (tertiary/aromatic N) is 4. The lowest BCUT2D eigenvalue weighted by molar-refractivity contribution is 0.00762. The van der Waals surface area contributed by atoms with E-state index in [-0.39, 0.29) is 24.3 Å². The van der Waals surface area contributed by atoms with Crippen molar-refractivity contribution in [3.05, 3.63) is 59.2 Å². The van der Waals surface area contributed by atoms with Gasteiger partial charge < -0.3 is 19.4 Å². The van der Waals surface area contributed by atoms with Crippen LogP contribution in [0.5, 0.6) is 0 Å². The van der Waals surface area contributed by atoms with E-state index in [0.717, 1.165) is 83.4 Å². The van der Waals surface area contributed by atoms with E-state index in [9.17, 15) is 9.59 Å². The highest BCUT2D eigenvalue weighted by Gasteiger charge is 2.34. The molecule has 4 heterocycles. The van der Waals surface area contributed by atoms with Crippen molar-refractivity contribution in [2.24, 2.45) is 0 Å². The summed E-state index contributed by atoms with van der Waals surface area (Å²) in [5.41, 5.74) is 4.05. The van der Waals surface area contributed by atoms with Crippen LogP contribution < -0.4 is 0 Å². The fourth-order valence-corrected chi connectivity index (χ4v) is 6.18. The van der Waals surface area contributed by atoms with Gasteiger partial charge in [-0.1, -0.05) is 11.8 Å². The normalized spacial score (nSPS) is 19.2. The molecule has 0 spiro atoms. The Balaban J connectivity index is 1.20. The highest BCUT2D eigenvalue weighted by Crippen LogP contribution is 2.33. The van der Waals surface area contributed by atoms with Gasteiger partial charge in [0.1, 0.15) is 22.9 Å². The number of likely N-dealkylation sites (tertiary alicyclic amines) is 2. The van der Waals surface area contributed by atoms with Crippen LogP contribution in [0.4, 0.5) is 9.59 Å². The van der Waals surface area contributed by atoms with E-state index < -0.39 is 11.2 Å². The van der Waals surface area contributed by atoms with E-state index in [4.69, 9.17) is 19.4 Å². The Hall–Kier alpha value is -4.52. The Bertz CT molecular complexity index is 1690. The van der Waals surface area contributed by atoms with Gasteiger partial charge >= 0.3 is 12.2 Å². The number of rotatable bonds is 2. The predicted molar refractivity (Wildman–Crippen MR) is 177 cm³/mol. The van der Waals surface area contributed by atoms with Crippen LogP contribution in [0.3, 0.4) is 0 Å².